The van der Waals surface area contributed by atoms with E-state index in [1.54, 1.807) is 0 Å². The van der Waals surface area contributed by atoms with Crippen LogP contribution in [0.5, 0.6) is 0 Å². The first-order valence-electron chi connectivity index (χ1n) is 6.68. The Labute approximate surface area is 101 Å². The maximum Gasteiger partial charge on any atom is 0.00947 e. The topological polar surface area (TPSA) is 0 Å². The van der Waals surface area contributed by atoms with Gasteiger partial charge >= 0.3 is 0 Å². The third-order valence-electron chi connectivity index (χ3n) is 5.56. The summed E-state index contributed by atoms with van der Waals surface area (Å²) < 4.78 is 0. The van der Waals surface area contributed by atoms with Crippen LogP contribution in [0.4, 0.5) is 0 Å². The van der Waals surface area contributed by atoms with Crippen LogP contribution in [0.15, 0.2) is 12.2 Å². The first kappa shape index (κ1) is 11.8. The van der Waals surface area contributed by atoms with Crippen molar-refractivity contribution < 1.29 is 0 Å². The fourth-order valence-corrected chi connectivity index (χ4v) is 4.63. The zero-order valence-electron chi connectivity index (χ0n) is 10.8. The van der Waals surface area contributed by atoms with Gasteiger partial charge in [-0.25, -0.2) is 0 Å². The summed E-state index contributed by atoms with van der Waals surface area (Å²) in [6.07, 6.45) is 14.3. The van der Waals surface area contributed by atoms with E-state index < -0.39 is 0 Å². The molecule has 0 spiro atoms. The maximum absolute atomic E-state index is 5.48. The predicted octanol–water partition coefficient (Wildman–Crippen LogP) is 4.56. The minimum Gasteiger partial charge on any atom is -0.120 e. The van der Waals surface area contributed by atoms with Crippen LogP contribution in [0.25, 0.3) is 0 Å². The van der Waals surface area contributed by atoms with Gasteiger partial charge in [-0.3, -0.25) is 0 Å². The zero-order chi connectivity index (χ0) is 11.8. The van der Waals surface area contributed by atoms with Gasteiger partial charge < -0.3 is 0 Å². The van der Waals surface area contributed by atoms with Crippen molar-refractivity contribution in [3.8, 4) is 12.3 Å². The van der Waals surface area contributed by atoms with Crippen LogP contribution in [0.2, 0.25) is 0 Å². The fourth-order valence-electron chi connectivity index (χ4n) is 4.63. The molecule has 0 saturated heterocycles. The first-order valence-corrected chi connectivity index (χ1v) is 6.68. The van der Waals surface area contributed by atoms with Gasteiger partial charge in [0.2, 0.25) is 0 Å². The highest BCUT2D eigenvalue weighted by atomic mass is 14.6. The molecule has 2 fully saturated rings. The Morgan fingerprint density at radius 2 is 2.25 bits per heavy atom. The Bertz CT molecular complexity index is 332. The van der Waals surface area contributed by atoms with Gasteiger partial charge in [-0.05, 0) is 48.9 Å². The average molecular weight is 216 g/mol. The average Bonchev–Trinajstić information content (AvgIpc) is 2.51. The molecule has 0 aliphatic heterocycles. The molecule has 3 atom stereocenters. The van der Waals surface area contributed by atoms with Gasteiger partial charge in [0.05, 0.1) is 0 Å². The van der Waals surface area contributed by atoms with Crippen molar-refractivity contribution in [1.82, 2.24) is 0 Å². The Morgan fingerprint density at radius 3 is 2.94 bits per heavy atom. The van der Waals surface area contributed by atoms with Crippen LogP contribution in [-0.2, 0) is 0 Å². The molecule has 16 heavy (non-hydrogen) atoms. The van der Waals surface area contributed by atoms with E-state index in [9.17, 15) is 0 Å². The Hall–Kier alpha value is -0.700. The number of hydrogen-bond donors (Lipinski definition) is 0. The van der Waals surface area contributed by atoms with Crippen molar-refractivity contribution in [3.63, 3.8) is 0 Å². The van der Waals surface area contributed by atoms with E-state index in [1.807, 2.05) is 0 Å². The zero-order valence-corrected chi connectivity index (χ0v) is 10.8. The molecule has 2 aliphatic rings. The summed E-state index contributed by atoms with van der Waals surface area (Å²) in [6.45, 7) is 9.30. The minimum atomic E-state index is 0.359. The summed E-state index contributed by atoms with van der Waals surface area (Å²) in [7, 11) is 0. The summed E-state index contributed by atoms with van der Waals surface area (Å²) in [5, 5.41) is 0. The van der Waals surface area contributed by atoms with E-state index in [2.05, 4.69) is 26.3 Å². The molecule has 0 aromatic carbocycles. The van der Waals surface area contributed by atoms with Gasteiger partial charge in [-0.1, -0.05) is 32.4 Å². The smallest absolute Gasteiger partial charge is 0.00947 e. The first-order chi connectivity index (χ1) is 7.57. The van der Waals surface area contributed by atoms with Crippen LogP contribution >= 0.6 is 0 Å². The van der Waals surface area contributed by atoms with Crippen LogP contribution in [-0.4, -0.2) is 0 Å². The molecule has 2 rings (SSSR count). The molecule has 0 heterocycles. The Morgan fingerprint density at radius 1 is 1.50 bits per heavy atom. The monoisotopic (exact) mass is 216 g/mol. The van der Waals surface area contributed by atoms with Gasteiger partial charge in [0.15, 0.2) is 0 Å². The summed E-state index contributed by atoms with van der Waals surface area (Å²) in [4.78, 5) is 0. The molecule has 0 amide bonds. The minimum absolute atomic E-state index is 0.359. The largest absolute Gasteiger partial charge is 0.120 e. The lowest BCUT2D eigenvalue weighted by Crippen LogP contribution is -2.44. The van der Waals surface area contributed by atoms with Crippen LogP contribution in [0.3, 0.4) is 0 Å². The molecule has 0 nitrogen and oxygen atoms in total. The molecule has 0 heteroatoms. The van der Waals surface area contributed by atoms with Crippen LogP contribution in [0.1, 0.15) is 58.8 Å². The fraction of sp³-hybridized carbons (Fsp3) is 0.750. The van der Waals surface area contributed by atoms with Crippen LogP contribution < -0.4 is 0 Å². The molecule has 2 aliphatic carbocycles. The lowest BCUT2D eigenvalue weighted by molar-refractivity contribution is 0.00308. The van der Waals surface area contributed by atoms with Crippen molar-refractivity contribution in [2.24, 2.45) is 16.7 Å². The normalized spacial score (nSPS) is 42.8. The highest BCUT2D eigenvalue weighted by Crippen LogP contribution is 2.66. The van der Waals surface area contributed by atoms with E-state index in [0.29, 0.717) is 10.8 Å². The maximum atomic E-state index is 5.48. The van der Waals surface area contributed by atoms with Gasteiger partial charge in [-0.2, -0.15) is 0 Å². The summed E-state index contributed by atoms with van der Waals surface area (Å²) in [5.74, 6) is 3.61. The van der Waals surface area contributed by atoms with Crippen molar-refractivity contribution in [2.75, 3.05) is 0 Å². The SMILES string of the molecule is C#CCC[C@@]12C(=C)CC[C@]1(C)CCC[C@H]2C. The second kappa shape index (κ2) is 3.95. The molecule has 0 bridgehead atoms. The van der Waals surface area contributed by atoms with Crippen molar-refractivity contribution in [1.29, 1.82) is 0 Å². The van der Waals surface area contributed by atoms with Crippen molar-refractivity contribution in [3.05, 3.63) is 12.2 Å². The second-order valence-electron chi connectivity index (χ2n) is 6.13. The summed E-state index contributed by atoms with van der Waals surface area (Å²) in [6, 6.07) is 0. The van der Waals surface area contributed by atoms with E-state index in [4.69, 9.17) is 6.42 Å². The van der Waals surface area contributed by atoms with E-state index in [-0.39, 0.29) is 0 Å². The van der Waals surface area contributed by atoms with E-state index in [1.165, 1.54) is 44.1 Å². The molecule has 0 aromatic rings. The molecule has 0 radical (unpaired) electrons. The van der Waals surface area contributed by atoms with Gasteiger partial charge in [-0.15, -0.1) is 12.3 Å². The van der Waals surface area contributed by atoms with E-state index >= 15 is 0 Å². The summed E-state index contributed by atoms with van der Waals surface area (Å²) >= 11 is 0. The number of terminal acetylenes is 1. The van der Waals surface area contributed by atoms with Crippen LogP contribution in [0, 0.1) is 29.1 Å². The standard InChI is InChI=1S/C16H24/c1-5-6-11-16-13(2)8-7-10-15(16,4)12-9-14(16)3/h1,13H,3,6-12H2,2,4H3/t13-,15+,16-/m1/s1. The third kappa shape index (κ3) is 1.37. The lowest BCUT2D eigenvalue weighted by Gasteiger charge is -2.52. The molecule has 0 unspecified atom stereocenters. The van der Waals surface area contributed by atoms with Gasteiger partial charge in [0, 0.05) is 6.42 Å². The number of fused-ring (bicyclic) bond motifs is 1. The predicted molar refractivity (Wildman–Crippen MR) is 70.0 cm³/mol. The van der Waals surface area contributed by atoms with E-state index in [0.717, 1.165) is 12.3 Å². The third-order valence-corrected chi connectivity index (χ3v) is 5.56. The van der Waals surface area contributed by atoms with Crippen molar-refractivity contribution in [2.45, 2.75) is 58.8 Å². The molecule has 0 aromatic heterocycles. The molecular weight excluding hydrogens is 192 g/mol. The highest BCUT2D eigenvalue weighted by molar-refractivity contribution is 5.25. The quantitative estimate of drug-likeness (QED) is 0.469. The second-order valence-corrected chi connectivity index (χ2v) is 6.13. The molecule has 0 N–H and O–H groups in total. The Balaban J connectivity index is 2.37. The molecule has 88 valence electrons. The van der Waals surface area contributed by atoms with Gasteiger partial charge in [0.25, 0.3) is 0 Å². The number of hydrogen-bond acceptors (Lipinski definition) is 0. The molecule has 2 saturated carbocycles. The van der Waals surface area contributed by atoms with Gasteiger partial charge in [0.1, 0.15) is 0 Å². The Kier molecular flexibility index (Phi) is 2.91. The molecular formula is C16H24. The highest BCUT2D eigenvalue weighted by Gasteiger charge is 2.57. The van der Waals surface area contributed by atoms with Crippen molar-refractivity contribution >= 4 is 0 Å². The summed E-state index contributed by atoms with van der Waals surface area (Å²) in [5.41, 5.74) is 2.34. The lowest BCUT2D eigenvalue weighted by atomic mass is 9.52. The number of rotatable bonds is 2. The number of allylic oxidation sites excluding steroid dienone is 1.